The summed E-state index contributed by atoms with van der Waals surface area (Å²) in [7, 11) is 0. The molecule has 0 spiro atoms. The highest BCUT2D eigenvalue weighted by Gasteiger charge is 2.29. The Balaban J connectivity index is 1.18. The van der Waals surface area contributed by atoms with Crippen molar-refractivity contribution in [1.82, 2.24) is 9.88 Å². The molecular formula is C34H35ClFN3O3. The number of allylic oxidation sites excluding steroid dienone is 1. The zero-order valence-corrected chi connectivity index (χ0v) is 24.7. The Bertz CT molecular complexity index is 1650. The van der Waals surface area contributed by atoms with Gasteiger partial charge in [0.25, 0.3) is 0 Å². The normalized spacial score (nSPS) is 17.6. The van der Waals surface area contributed by atoms with Gasteiger partial charge in [-0.2, -0.15) is 0 Å². The first-order chi connectivity index (χ1) is 20.1. The van der Waals surface area contributed by atoms with Crippen LogP contribution in [0.5, 0.6) is 11.5 Å². The molecule has 2 N–H and O–H groups in total. The molecule has 4 aromatic rings. The number of rotatable bonds is 7. The van der Waals surface area contributed by atoms with E-state index in [1.54, 1.807) is 24.4 Å². The van der Waals surface area contributed by atoms with Crippen LogP contribution in [0.1, 0.15) is 49.0 Å². The monoisotopic (exact) mass is 587 g/mol. The molecule has 0 unspecified atom stereocenters. The number of aromatic carboxylic acids is 1. The van der Waals surface area contributed by atoms with Gasteiger partial charge >= 0.3 is 5.97 Å². The summed E-state index contributed by atoms with van der Waals surface area (Å²) in [6.07, 6.45) is 5.04. The topological polar surface area (TPSA) is 68.8 Å². The lowest BCUT2D eigenvalue weighted by Crippen LogP contribution is -2.47. The molecule has 1 aliphatic carbocycles. The van der Waals surface area contributed by atoms with E-state index in [-0.39, 0.29) is 22.5 Å². The molecule has 6 rings (SSSR count). The molecule has 2 heterocycles. The number of nitrogens with zero attached hydrogens (tertiary/aromatic N) is 2. The summed E-state index contributed by atoms with van der Waals surface area (Å²) in [5.74, 6) is -1.56. The van der Waals surface area contributed by atoms with Crippen LogP contribution in [0.2, 0.25) is 5.02 Å². The van der Waals surface area contributed by atoms with E-state index in [4.69, 9.17) is 16.3 Å². The number of aromatic amines is 1. The van der Waals surface area contributed by atoms with E-state index in [0.717, 1.165) is 61.7 Å². The molecule has 1 aromatic heterocycles. The van der Waals surface area contributed by atoms with Gasteiger partial charge in [-0.1, -0.05) is 43.2 Å². The van der Waals surface area contributed by atoms with Crippen LogP contribution in [0, 0.1) is 11.2 Å². The molecule has 1 aliphatic heterocycles. The van der Waals surface area contributed by atoms with Crippen molar-refractivity contribution in [1.29, 1.82) is 0 Å². The predicted octanol–water partition coefficient (Wildman–Crippen LogP) is 8.24. The molecule has 1 fully saturated rings. The number of ether oxygens (including phenoxy) is 1. The third-order valence-electron chi connectivity index (χ3n) is 8.54. The first kappa shape index (κ1) is 28.3. The number of carbonyl (C=O) groups is 1. The lowest BCUT2D eigenvalue weighted by molar-refractivity contribution is 0.0694. The number of anilines is 1. The van der Waals surface area contributed by atoms with Crippen molar-refractivity contribution in [3.05, 3.63) is 94.4 Å². The molecule has 42 heavy (non-hydrogen) atoms. The minimum Gasteiger partial charge on any atom is -0.478 e. The molecule has 1 saturated heterocycles. The Hall–Kier alpha value is -3.81. The van der Waals surface area contributed by atoms with E-state index in [9.17, 15) is 14.3 Å². The number of benzene rings is 3. The maximum absolute atomic E-state index is 14.8. The Morgan fingerprint density at radius 3 is 2.52 bits per heavy atom. The number of H-pyrrole nitrogens is 1. The summed E-state index contributed by atoms with van der Waals surface area (Å²) in [4.78, 5) is 19.7. The van der Waals surface area contributed by atoms with Crippen LogP contribution in [0.4, 0.5) is 10.1 Å². The van der Waals surface area contributed by atoms with Gasteiger partial charge in [0.1, 0.15) is 11.3 Å². The molecular weight excluding hydrogens is 553 g/mol. The minimum atomic E-state index is -1.12. The first-order valence-electron chi connectivity index (χ1n) is 14.4. The number of halogens is 2. The van der Waals surface area contributed by atoms with Gasteiger partial charge in [-0.25, -0.2) is 9.18 Å². The van der Waals surface area contributed by atoms with Gasteiger partial charge in [0.05, 0.1) is 0 Å². The third-order valence-corrected chi connectivity index (χ3v) is 8.79. The smallest absolute Gasteiger partial charge is 0.339 e. The molecule has 0 saturated carbocycles. The zero-order valence-electron chi connectivity index (χ0n) is 23.9. The van der Waals surface area contributed by atoms with Crippen LogP contribution < -0.4 is 9.64 Å². The Kier molecular flexibility index (Phi) is 7.73. The average molecular weight is 588 g/mol. The van der Waals surface area contributed by atoms with Gasteiger partial charge in [-0.15, -0.1) is 0 Å². The number of aromatic nitrogens is 1. The molecule has 218 valence electrons. The van der Waals surface area contributed by atoms with Crippen LogP contribution in [0.15, 0.2) is 72.4 Å². The predicted molar refractivity (Wildman–Crippen MR) is 166 cm³/mol. The highest BCUT2D eigenvalue weighted by atomic mass is 35.5. The second-order valence-electron chi connectivity index (χ2n) is 12.1. The SMILES string of the molecule is CC1(C)CCC(c2ccc(Cl)cc2)=C(CN2CCN(c3ccc(C(=O)O)c(Oc4cc5cc[nH]c5cc4F)c3)CC2)C1. The summed E-state index contributed by atoms with van der Waals surface area (Å²) in [6, 6.07) is 18.0. The largest absolute Gasteiger partial charge is 0.478 e. The van der Waals surface area contributed by atoms with E-state index in [2.05, 4.69) is 40.8 Å². The van der Waals surface area contributed by atoms with Crippen LogP contribution in [0.3, 0.4) is 0 Å². The Morgan fingerprint density at radius 1 is 1.02 bits per heavy atom. The van der Waals surface area contributed by atoms with Crippen molar-refractivity contribution >= 4 is 39.7 Å². The molecule has 0 bridgehead atoms. The van der Waals surface area contributed by atoms with Gasteiger partial charge in [0, 0.05) is 72.7 Å². The standard InChI is InChI=1S/C34H35ClFN3O3/c1-34(2)11-9-27(22-3-5-25(35)6-4-22)24(20-34)21-38-13-15-39(16-14-38)26-7-8-28(33(40)41)31(18-26)42-32-17-23-10-12-37-30(23)19-29(32)36/h3-8,10,12,17-19,37H,9,11,13-16,20-21H2,1-2H3,(H,40,41). The van der Waals surface area contributed by atoms with Crippen LogP contribution in [0.25, 0.3) is 16.5 Å². The van der Waals surface area contributed by atoms with Crippen molar-refractivity contribution in [3.63, 3.8) is 0 Å². The van der Waals surface area contributed by atoms with Crippen LogP contribution in [-0.2, 0) is 0 Å². The molecule has 2 aliphatic rings. The first-order valence-corrected chi connectivity index (χ1v) is 14.8. The maximum atomic E-state index is 14.8. The molecule has 8 heteroatoms. The van der Waals surface area contributed by atoms with Gasteiger partial charge in [-0.3, -0.25) is 4.90 Å². The van der Waals surface area contributed by atoms with E-state index >= 15 is 0 Å². The van der Waals surface area contributed by atoms with Crippen molar-refractivity contribution < 1.29 is 19.0 Å². The zero-order chi connectivity index (χ0) is 29.4. The Labute approximate surface area is 250 Å². The van der Waals surface area contributed by atoms with Gasteiger partial charge < -0.3 is 19.7 Å². The molecule has 0 radical (unpaired) electrons. The quantitative estimate of drug-likeness (QED) is 0.228. The van der Waals surface area contributed by atoms with Gasteiger partial charge in [0.2, 0.25) is 0 Å². The van der Waals surface area contributed by atoms with E-state index in [1.807, 2.05) is 24.3 Å². The fraction of sp³-hybridized carbons (Fsp3) is 0.324. The van der Waals surface area contributed by atoms with Crippen molar-refractivity contribution in [3.8, 4) is 11.5 Å². The van der Waals surface area contributed by atoms with Gasteiger partial charge in [-0.05, 0) is 72.2 Å². The fourth-order valence-corrected chi connectivity index (χ4v) is 6.34. The lowest BCUT2D eigenvalue weighted by atomic mass is 9.73. The van der Waals surface area contributed by atoms with E-state index < -0.39 is 11.8 Å². The second-order valence-corrected chi connectivity index (χ2v) is 12.6. The number of carboxylic acid groups (broad SMARTS) is 1. The van der Waals surface area contributed by atoms with E-state index in [1.165, 1.54) is 29.2 Å². The second kappa shape index (κ2) is 11.5. The third kappa shape index (κ3) is 6.03. The van der Waals surface area contributed by atoms with E-state index in [0.29, 0.717) is 5.52 Å². The number of piperazine rings is 1. The number of nitrogens with one attached hydrogen (secondary N) is 1. The molecule has 0 amide bonds. The lowest BCUT2D eigenvalue weighted by Gasteiger charge is -2.39. The van der Waals surface area contributed by atoms with Gasteiger partial charge in [0.15, 0.2) is 11.6 Å². The van der Waals surface area contributed by atoms with Crippen molar-refractivity contribution in [2.24, 2.45) is 5.41 Å². The summed E-state index contributed by atoms with van der Waals surface area (Å²) in [6.45, 7) is 8.99. The summed E-state index contributed by atoms with van der Waals surface area (Å²) >= 11 is 6.17. The number of hydrogen-bond donors (Lipinski definition) is 2. The van der Waals surface area contributed by atoms with Crippen molar-refractivity contribution in [2.45, 2.75) is 33.1 Å². The Morgan fingerprint density at radius 2 is 1.79 bits per heavy atom. The average Bonchev–Trinajstić information content (AvgIpc) is 3.41. The summed E-state index contributed by atoms with van der Waals surface area (Å²) in [5, 5.41) is 11.3. The number of hydrogen-bond acceptors (Lipinski definition) is 4. The summed E-state index contributed by atoms with van der Waals surface area (Å²) in [5.41, 5.74) is 6.00. The maximum Gasteiger partial charge on any atom is 0.339 e. The minimum absolute atomic E-state index is 0.00692. The summed E-state index contributed by atoms with van der Waals surface area (Å²) < 4.78 is 20.7. The number of fused-ring (bicyclic) bond motifs is 1. The highest BCUT2D eigenvalue weighted by molar-refractivity contribution is 6.30. The highest BCUT2D eigenvalue weighted by Crippen LogP contribution is 2.43. The molecule has 3 aromatic carbocycles. The molecule has 0 atom stereocenters. The number of carboxylic acids is 1. The molecule has 6 nitrogen and oxygen atoms in total. The van der Waals surface area contributed by atoms with Crippen molar-refractivity contribution in [2.75, 3.05) is 37.6 Å². The van der Waals surface area contributed by atoms with Crippen LogP contribution >= 0.6 is 11.6 Å². The fourth-order valence-electron chi connectivity index (χ4n) is 6.22. The van der Waals surface area contributed by atoms with Crippen LogP contribution in [-0.4, -0.2) is 53.7 Å².